The monoisotopic (exact) mass is 326 g/mol. The highest BCUT2D eigenvalue weighted by Crippen LogP contribution is 2.22. The second-order valence-corrected chi connectivity index (χ2v) is 6.28. The SMILES string of the molecule is Cc1cc(C)n(CC(=O)NNC(=O)c2ccc3c(c2)CCCC3)n1. The Hall–Kier alpha value is -2.63. The number of hydrogen-bond acceptors (Lipinski definition) is 3. The first-order valence-electron chi connectivity index (χ1n) is 8.25. The molecule has 126 valence electrons. The Balaban J connectivity index is 1.57. The molecule has 3 rings (SSSR count). The molecule has 1 aliphatic rings. The number of hydrazine groups is 1. The maximum Gasteiger partial charge on any atom is 0.269 e. The van der Waals surface area contributed by atoms with Gasteiger partial charge in [-0.2, -0.15) is 5.10 Å². The Bertz CT molecular complexity index is 779. The number of aromatic nitrogens is 2. The van der Waals surface area contributed by atoms with E-state index >= 15 is 0 Å². The molecule has 0 unspecified atom stereocenters. The highest BCUT2D eigenvalue weighted by Gasteiger charge is 2.14. The van der Waals surface area contributed by atoms with Gasteiger partial charge in [-0.15, -0.1) is 0 Å². The average molecular weight is 326 g/mol. The lowest BCUT2D eigenvalue weighted by Gasteiger charge is -2.16. The van der Waals surface area contributed by atoms with Gasteiger partial charge in [0.25, 0.3) is 11.8 Å². The summed E-state index contributed by atoms with van der Waals surface area (Å²) in [4.78, 5) is 24.2. The van der Waals surface area contributed by atoms with E-state index in [0.717, 1.165) is 30.7 Å². The van der Waals surface area contributed by atoms with E-state index in [9.17, 15) is 9.59 Å². The minimum Gasteiger partial charge on any atom is -0.271 e. The summed E-state index contributed by atoms with van der Waals surface area (Å²) in [6.45, 7) is 3.84. The summed E-state index contributed by atoms with van der Waals surface area (Å²) in [5.41, 5.74) is 9.82. The second kappa shape index (κ2) is 6.86. The van der Waals surface area contributed by atoms with Gasteiger partial charge in [-0.1, -0.05) is 6.07 Å². The molecule has 1 aliphatic carbocycles. The molecule has 2 N–H and O–H groups in total. The molecule has 6 nitrogen and oxygen atoms in total. The topological polar surface area (TPSA) is 76.0 Å². The Kier molecular flexibility index (Phi) is 4.64. The molecule has 6 heteroatoms. The van der Waals surface area contributed by atoms with Gasteiger partial charge in [0.1, 0.15) is 6.54 Å². The Morgan fingerprint density at radius 1 is 1.08 bits per heavy atom. The first kappa shape index (κ1) is 16.2. The van der Waals surface area contributed by atoms with E-state index in [4.69, 9.17) is 0 Å². The minimum absolute atomic E-state index is 0.0736. The Morgan fingerprint density at radius 2 is 1.83 bits per heavy atom. The Morgan fingerprint density at radius 3 is 2.54 bits per heavy atom. The number of carbonyl (C=O) groups is 2. The maximum absolute atomic E-state index is 12.2. The van der Waals surface area contributed by atoms with Gasteiger partial charge in [-0.3, -0.25) is 25.1 Å². The standard InChI is InChI=1S/C18H22N4O2/c1-12-9-13(2)22(21-12)11-17(23)19-20-18(24)16-8-7-14-5-3-4-6-15(14)10-16/h7-10H,3-6,11H2,1-2H3,(H,19,23)(H,20,24). The molecule has 2 amide bonds. The van der Waals surface area contributed by atoms with Crippen LogP contribution in [0.5, 0.6) is 0 Å². The van der Waals surface area contributed by atoms with E-state index < -0.39 is 0 Å². The maximum atomic E-state index is 12.2. The molecule has 0 spiro atoms. The molecule has 0 radical (unpaired) electrons. The normalized spacial score (nSPS) is 13.2. The lowest BCUT2D eigenvalue weighted by atomic mass is 9.90. The van der Waals surface area contributed by atoms with Gasteiger partial charge in [0.15, 0.2) is 0 Å². The van der Waals surface area contributed by atoms with Crippen molar-refractivity contribution in [2.75, 3.05) is 0 Å². The van der Waals surface area contributed by atoms with Gasteiger partial charge in [-0.05, 0) is 68.9 Å². The van der Waals surface area contributed by atoms with Gasteiger partial charge in [0, 0.05) is 11.3 Å². The van der Waals surface area contributed by atoms with Crippen LogP contribution in [0.4, 0.5) is 0 Å². The van der Waals surface area contributed by atoms with E-state index in [-0.39, 0.29) is 18.4 Å². The van der Waals surface area contributed by atoms with Crippen LogP contribution in [0.15, 0.2) is 24.3 Å². The summed E-state index contributed by atoms with van der Waals surface area (Å²) in [7, 11) is 0. The molecule has 0 saturated heterocycles. The lowest BCUT2D eigenvalue weighted by molar-refractivity contribution is -0.122. The predicted octanol–water partition coefficient (Wildman–Crippen LogP) is 1.84. The van der Waals surface area contributed by atoms with E-state index in [1.807, 2.05) is 38.1 Å². The first-order valence-corrected chi connectivity index (χ1v) is 8.25. The molecule has 0 fully saturated rings. The van der Waals surface area contributed by atoms with Gasteiger partial charge in [0.2, 0.25) is 0 Å². The number of aryl methyl sites for hydroxylation is 4. The van der Waals surface area contributed by atoms with Crippen molar-refractivity contribution in [2.45, 2.75) is 46.1 Å². The number of fused-ring (bicyclic) bond motifs is 1. The van der Waals surface area contributed by atoms with Crippen molar-refractivity contribution >= 4 is 11.8 Å². The summed E-state index contributed by atoms with van der Waals surface area (Å²) in [5, 5.41) is 4.23. The number of carbonyl (C=O) groups excluding carboxylic acids is 2. The number of hydrogen-bond donors (Lipinski definition) is 2. The van der Waals surface area contributed by atoms with E-state index in [1.165, 1.54) is 17.5 Å². The van der Waals surface area contributed by atoms with Crippen molar-refractivity contribution in [1.29, 1.82) is 0 Å². The number of nitrogens with one attached hydrogen (secondary N) is 2. The summed E-state index contributed by atoms with van der Waals surface area (Å²) < 4.78 is 1.61. The predicted molar refractivity (Wildman–Crippen MR) is 90.4 cm³/mol. The summed E-state index contributed by atoms with van der Waals surface area (Å²) in [6, 6.07) is 7.66. The van der Waals surface area contributed by atoms with Crippen molar-refractivity contribution in [1.82, 2.24) is 20.6 Å². The van der Waals surface area contributed by atoms with Crippen LogP contribution < -0.4 is 10.9 Å². The number of nitrogens with zero attached hydrogens (tertiary/aromatic N) is 2. The quantitative estimate of drug-likeness (QED) is 0.845. The molecular formula is C18H22N4O2. The van der Waals surface area contributed by atoms with Gasteiger partial charge in [-0.25, -0.2) is 0 Å². The largest absolute Gasteiger partial charge is 0.271 e. The fourth-order valence-electron chi connectivity index (χ4n) is 3.08. The van der Waals surface area contributed by atoms with Crippen LogP contribution >= 0.6 is 0 Å². The van der Waals surface area contributed by atoms with Crippen LogP contribution in [0.3, 0.4) is 0 Å². The summed E-state index contributed by atoms with van der Waals surface area (Å²) in [5.74, 6) is -0.613. The van der Waals surface area contributed by atoms with Crippen molar-refractivity contribution in [3.05, 3.63) is 52.3 Å². The molecule has 0 saturated carbocycles. The van der Waals surface area contributed by atoms with E-state index in [2.05, 4.69) is 16.0 Å². The first-order chi connectivity index (χ1) is 11.5. The molecule has 0 bridgehead atoms. The highest BCUT2D eigenvalue weighted by molar-refractivity contribution is 5.95. The zero-order chi connectivity index (χ0) is 17.1. The fraction of sp³-hybridized carbons (Fsp3) is 0.389. The number of rotatable bonds is 3. The molecule has 0 aliphatic heterocycles. The van der Waals surface area contributed by atoms with Crippen LogP contribution in [-0.2, 0) is 24.2 Å². The van der Waals surface area contributed by atoms with E-state index in [0.29, 0.717) is 5.56 Å². The molecule has 24 heavy (non-hydrogen) atoms. The van der Waals surface area contributed by atoms with Crippen LogP contribution in [0.25, 0.3) is 0 Å². The fourth-order valence-corrected chi connectivity index (χ4v) is 3.08. The molecule has 1 aromatic carbocycles. The number of amides is 2. The van der Waals surface area contributed by atoms with E-state index in [1.54, 1.807) is 4.68 Å². The van der Waals surface area contributed by atoms with Crippen molar-refractivity contribution in [3.8, 4) is 0 Å². The van der Waals surface area contributed by atoms with Gasteiger partial charge >= 0.3 is 0 Å². The summed E-state index contributed by atoms with van der Waals surface area (Å²) >= 11 is 0. The van der Waals surface area contributed by atoms with Crippen LogP contribution in [0.1, 0.15) is 45.7 Å². The van der Waals surface area contributed by atoms with Crippen molar-refractivity contribution in [3.63, 3.8) is 0 Å². The lowest BCUT2D eigenvalue weighted by Crippen LogP contribution is -2.43. The van der Waals surface area contributed by atoms with Crippen molar-refractivity contribution < 1.29 is 9.59 Å². The Labute approximate surface area is 141 Å². The molecule has 1 heterocycles. The molecular weight excluding hydrogens is 304 g/mol. The number of benzene rings is 1. The third kappa shape index (κ3) is 3.64. The van der Waals surface area contributed by atoms with Crippen molar-refractivity contribution in [2.24, 2.45) is 0 Å². The highest BCUT2D eigenvalue weighted by atomic mass is 16.2. The minimum atomic E-state index is -0.312. The second-order valence-electron chi connectivity index (χ2n) is 6.28. The van der Waals surface area contributed by atoms with Crippen LogP contribution in [0, 0.1) is 13.8 Å². The smallest absolute Gasteiger partial charge is 0.269 e. The summed E-state index contributed by atoms with van der Waals surface area (Å²) in [6.07, 6.45) is 4.47. The molecule has 2 aromatic rings. The third-order valence-electron chi connectivity index (χ3n) is 4.32. The van der Waals surface area contributed by atoms with Crippen LogP contribution in [0.2, 0.25) is 0 Å². The third-order valence-corrected chi connectivity index (χ3v) is 4.32. The molecule has 1 aromatic heterocycles. The van der Waals surface area contributed by atoms with Gasteiger partial charge in [0.05, 0.1) is 5.69 Å². The zero-order valence-corrected chi connectivity index (χ0v) is 14.1. The average Bonchev–Trinajstić information content (AvgIpc) is 2.89. The molecule has 0 atom stereocenters. The van der Waals surface area contributed by atoms with Gasteiger partial charge < -0.3 is 0 Å². The van der Waals surface area contributed by atoms with Crippen LogP contribution in [-0.4, -0.2) is 21.6 Å². The zero-order valence-electron chi connectivity index (χ0n) is 14.1.